The molecular weight excluding hydrogens is 263 g/mol. The molecule has 1 atom stereocenters. The van der Waals surface area contributed by atoms with Crippen molar-refractivity contribution in [1.29, 1.82) is 0 Å². The van der Waals surface area contributed by atoms with Gasteiger partial charge in [0.1, 0.15) is 0 Å². The van der Waals surface area contributed by atoms with E-state index >= 15 is 0 Å². The molecule has 0 radical (unpaired) electrons. The summed E-state index contributed by atoms with van der Waals surface area (Å²) in [5.41, 5.74) is 0.262. The Hall–Kier alpha value is -1.03. The van der Waals surface area contributed by atoms with Crippen LogP contribution in [0.5, 0.6) is 0 Å². The van der Waals surface area contributed by atoms with Crippen LogP contribution >= 0.6 is 0 Å². The Morgan fingerprint density at radius 2 is 1.70 bits per heavy atom. The number of hydrogen-bond acceptors (Lipinski definition) is 1. The SMILES string of the molecule is CCNC(c1ccc(F)c(F)c1F)C1CCCCCC1. The Morgan fingerprint density at radius 1 is 1.05 bits per heavy atom. The highest BCUT2D eigenvalue weighted by Gasteiger charge is 2.27. The summed E-state index contributed by atoms with van der Waals surface area (Å²) in [6.07, 6.45) is 6.67. The third-order valence-electron chi connectivity index (χ3n) is 4.20. The van der Waals surface area contributed by atoms with Crippen LogP contribution in [-0.2, 0) is 0 Å². The molecule has 1 aliphatic carbocycles. The Labute approximate surface area is 118 Å². The largest absolute Gasteiger partial charge is 0.310 e. The van der Waals surface area contributed by atoms with Crippen LogP contribution in [0.3, 0.4) is 0 Å². The molecule has 0 heterocycles. The van der Waals surface area contributed by atoms with Crippen molar-refractivity contribution < 1.29 is 13.2 Å². The molecule has 1 aliphatic rings. The van der Waals surface area contributed by atoms with Crippen LogP contribution in [0.15, 0.2) is 12.1 Å². The van der Waals surface area contributed by atoms with E-state index in [0.717, 1.165) is 31.7 Å². The fraction of sp³-hybridized carbons (Fsp3) is 0.625. The van der Waals surface area contributed by atoms with Crippen LogP contribution in [0.4, 0.5) is 13.2 Å². The summed E-state index contributed by atoms with van der Waals surface area (Å²) in [5.74, 6) is -3.24. The third-order valence-corrected chi connectivity index (χ3v) is 4.20. The molecule has 0 aromatic heterocycles. The van der Waals surface area contributed by atoms with Gasteiger partial charge in [0.15, 0.2) is 17.5 Å². The fourth-order valence-electron chi connectivity index (χ4n) is 3.18. The molecule has 1 fully saturated rings. The maximum absolute atomic E-state index is 14.0. The van der Waals surface area contributed by atoms with Crippen molar-refractivity contribution in [3.8, 4) is 0 Å². The first-order valence-corrected chi connectivity index (χ1v) is 7.52. The average molecular weight is 285 g/mol. The lowest BCUT2D eigenvalue weighted by atomic mass is 9.86. The van der Waals surface area contributed by atoms with Gasteiger partial charge in [-0.25, -0.2) is 13.2 Å². The first-order valence-electron chi connectivity index (χ1n) is 7.52. The van der Waals surface area contributed by atoms with Crippen LogP contribution in [0.1, 0.15) is 57.1 Å². The van der Waals surface area contributed by atoms with Crippen molar-refractivity contribution in [1.82, 2.24) is 5.32 Å². The Bertz CT molecular complexity index is 440. The minimum Gasteiger partial charge on any atom is -0.310 e. The highest BCUT2D eigenvalue weighted by atomic mass is 19.2. The van der Waals surface area contributed by atoms with Crippen LogP contribution < -0.4 is 5.32 Å². The van der Waals surface area contributed by atoms with Crippen molar-refractivity contribution in [3.63, 3.8) is 0 Å². The second kappa shape index (κ2) is 7.11. The summed E-state index contributed by atoms with van der Waals surface area (Å²) in [7, 11) is 0. The van der Waals surface area contributed by atoms with E-state index in [1.54, 1.807) is 0 Å². The van der Waals surface area contributed by atoms with Crippen LogP contribution in [0, 0.1) is 23.4 Å². The van der Waals surface area contributed by atoms with Gasteiger partial charge >= 0.3 is 0 Å². The molecule has 0 amide bonds. The molecule has 0 saturated heterocycles. The summed E-state index contributed by atoms with van der Waals surface area (Å²) in [5, 5.41) is 3.25. The van der Waals surface area contributed by atoms with Crippen molar-refractivity contribution in [2.24, 2.45) is 5.92 Å². The van der Waals surface area contributed by atoms with Gasteiger partial charge < -0.3 is 5.32 Å². The molecule has 1 aromatic carbocycles. The predicted molar refractivity (Wildman–Crippen MR) is 73.9 cm³/mol. The van der Waals surface area contributed by atoms with Gasteiger partial charge in [0, 0.05) is 11.6 Å². The van der Waals surface area contributed by atoms with Gasteiger partial charge in [-0.2, -0.15) is 0 Å². The number of benzene rings is 1. The van der Waals surface area contributed by atoms with E-state index in [1.807, 2.05) is 6.92 Å². The quantitative estimate of drug-likeness (QED) is 0.623. The summed E-state index contributed by atoms with van der Waals surface area (Å²) in [4.78, 5) is 0. The van der Waals surface area contributed by atoms with Gasteiger partial charge in [0.2, 0.25) is 0 Å². The Kier molecular flexibility index (Phi) is 5.46. The van der Waals surface area contributed by atoms with Crippen LogP contribution in [0.2, 0.25) is 0 Å². The molecular formula is C16H22F3N. The van der Waals surface area contributed by atoms with Gasteiger partial charge in [-0.05, 0) is 31.4 Å². The van der Waals surface area contributed by atoms with Crippen molar-refractivity contribution in [2.75, 3.05) is 6.54 Å². The number of hydrogen-bond donors (Lipinski definition) is 1. The molecule has 1 nitrogen and oxygen atoms in total. The Morgan fingerprint density at radius 3 is 2.30 bits per heavy atom. The van der Waals surface area contributed by atoms with Gasteiger partial charge in [-0.1, -0.05) is 38.7 Å². The molecule has 0 spiro atoms. The standard InChI is InChI=1S/C16H22F3N/c1-2-20-16(11-7-5-3-4-6-8-11)12-9-10-13(17)15(19)14(12)18/h9-11,16,20H,2-8H2,1H3. The summed E-state index contributed by atoms with van der Waals surface area (Å²) in [6.45, 7) is 2.63. The fourth-order valence-corrected chi connectivity index (χ4v) is 3.18. The number of halogens is 3. The topological polar surface area (TPSA) is 12.0 Å². The van der Waals surface area contributed by atoms with Gasteiger partial charge in [-0.15, -0.1) is 0 Å². The molecule has 112 valence electrons. The monoisotopic (exact) mass is 285 g/mol. The van der Waals surface area contributed by atoms with Crippen molar-refractivity contribution in [2.45, 2.75) is 51.5 Å². The third kappa shape index (κ3) is 3.35. The number of nitrogens with one attached hydrogen (secondary N) is 1. The minimum absolute atomic E-state index is 0.229. The molecule has 2 rings (SSSR count). The zero-order chi connectivity index (χ0) is 14.5. The van der Waals surface area contributed by atoms with E-state index in [0.29, 0.717) is 6.54 Å². The van der Waals surface area contributed by atoms with E-state index in [4.69, 9.17) is 0 Å². The summed E-state index contributed by atoms with van der Waals surface area (Å²) in [6, 6.07) is 2.18. The minimum atomic E-state index is -1.36. The smallest absolute Gasteiger partial charge is 0.194 e. The number of rotatable bonds is 4. The molecule has 1 saturated carbocycles. The molecule has 1 unspecified atom stereocenters. The van der Waals surface area contributed by atoms with E-state index in [1.165, 1.54) is 18.9 Å². The molecule has 0 aliphatic heterocycles. The first kappa shape index (κ1) is 15.4. The Balaban J connectivity index is 2.29. The maximum Gasteiger partial charge on any atom is 0.194 e. The molecule has 0 bridgehead atoms. The molecule has 20 heavy (non-hydrogen) atoms. The van der Waals surface area contributed by atoms with Crippen molar-refractivity contribution >= 4 is 0 Å². The highest BCUT2D eigenvalue weighted by molar-refractivity contribution is 5.24. The van der Waals surface area contributed by atoms with Gasteiger partial charge in [-0.3, -0.25) is 0 Å². The second-order valence-electron chi connectivity index (χ2n) is 5.55. The summed E-state index contributed by atoms with van der Waals surface area (Å²) >= 11 is 0. The lowest BCUT2D eigenvalue weighted by Crippen LogP contribution is -2.29. The molecule has 4 heteroatoms. The molecule has 1 aromatic rings. The lowest BCUT2D eigenvalue weighted by Gasteiger charge is -2.28. The zero-order valence-corrected chi connectivity index (χ0v) is 11.9. The van der Waals surface area contributed by atoms with Gasteiger partial charge in [0.05, 0.1) is 0 Å². The van der Waals surface area contributed by atoms with Crippen LogP contribution in [-0.4, -0.2) is 6.54 Å². The predicted octanol–water partition coefficient (Wildman–Crippen LogP) is 4.72. The average Bonchev–Trinajstić information content (AvgIpc) is 2.72. The van der Waals surface area contributed by atoms with E-state index in [-0.39, 0.29) is 17.5 Å². The summed E-state index contributed by atoms with van der Waals surface area (Å²) < 4.78 is 40.6. The van der Waals surface area contributed by atoms with Gasteiger partial charge in [0.25, 0.3) is 0 Å². The van der Waals surface area contributed by atoms with E-state index in [9.17, 15) is 13.2 Å². The van der Waals surface area contributed by atoms with E-state index in [2.05, 4.69) is 5.32 Å². The van der Waals surface area contributed by atoms with E-state index < -0.39 is 17.5 Å². The molecule has 1 N–H and O–H groups in total. The first-order chi connectivity index (χ1) is 9.65. The maximum atomic E-state index is 14.0. The highest BCUT2D eigenvalue weighted by Crippen LogP contribution is 2.35. The zero-order valence-electron chi connectivity index (χ0n) is 11.9. The lowest BCUT2D eigenvalue weighted by molar-refractivity contribution is 0.316. The van der Waals surface area contributed by atoms with Crippen molar-refractivity contribution in [3.05, 3.63) is 35.1 Å². The second-order valence-corrected chi connectivity index (χ2v) is 5.55. The normalized spacial score (nSPS) is 18.8. The van der Waals surface area contributed by atoms with Crippen LogP contribution in [0.25, 0.3) is 0 Å².